The number of benzene rings is 1. The molecule has 100 valence electrons. The second-order valence-electron chi connectivity index (χ2n) is 3.70. The van der Waals surface area contributed by atoms with Crippen LogP contribution in [0.25, 0.3) is 0 Å². The van der Waals surface area contributed by atoms with Crippen molar-refractivity contribution in [2.45, 2.75) is 6.54 Å². The third-order valence-corrected chi connectivity index (χ3v) is 3.52. The average Bonchev–Trinajstić information content (AvgIpc) is 2.81. The summed E-state index contributed by atoms with van der Waals surface area (Å²) in [6, 6.07) is 9.56. The summed E-state index contributed by atoms with van der Waals surface area (Å²) in [5.41, 5.74) is 0. The largest absolute Gasteiger partial charge is 0.481 e. The topological polar surface area (TPSA) is 38.3 Å². The van der Waals surface area contributed by atoms with E-state index in [4.69, 9.17) is 16.3 Å². The summed E-state index contributed by atoms with van der Waals surface area (Å²) in [4.78, 5) is 12.5. The number of carbonyl (C=O) groups is 1. The summed E-state index contributed by atoms with van der Waals surface area (Å²) in [6.45, 7) is 0.164. The molecular formula is C13H11ClFNO2S. The lowest BCUT2D eigenvalue weighted by atomic mass is 10.3. The number of halogens is 2. The molecule has 0 saturated heterocycles. The van der Waals surface area contributed by atoms with Gasteiger partial charge >= 0.3 is 0 Å². The van der Waals surface area contributed by atoms with Crippen molar-refractivity contribution >= 4 is 28.8 Å². The number of nitrogens with one attached hydrogen (secondary N) is 1. The summed E-state index contributed by atoms with van der Waals surface area (Å²) < 4.78 is 19.0. The van der Waals surface area contributed by atoms with E-state index in [-0.39, 0.29) is 18.3 Å². The van der Waals surface area contributed by atoms with Crippen molar-refractivity contribution in [2.75, 3.05) is 6.61 Å². The summed E-state index contributed by atoms with van der Waals surface area (Å²) in [5.74, 6) is -0.732. The summed E-state index contributed by atoms with van der Waals surface area (Å²) in [5, 5.41) is 2.67. The standard InChI is InChI=1S/C13H11ClFNO2S/c14-12-6-5-9(19-12)7-16-13(17)8-18-11-4-2-1-3-10(11)15/h1-6H,7-8H2,(H,16,17). The number of hydrogen-bond acceptors (Lipinski definition) is 3. The Morgan fingerprint density at radius 2 is 2.11 bits per heavy atom. The molecule has 1 N–H and O–H groups in total. The third kappa shape index (κ3) is 4.22. The number of amides is 1. The second-order valence-corrected chi connectivity index (χ2v) is 5.50. The van der Waals surface area contributed by atoms with Crippen molar-refractivity contribution < 1.29 is 13.9 Å². The molecule has 1 amide bonds. The molecule has 2 aromatic rings. The van der Waals surface area contributed by atoms with E-state index in [1.54, 1.807) is 18.2 Å². The van der Waals surface area contributed by atoms with Crippen LogP contribution >= 0.6 is 22.9 Å². The highest BCUT2D eigenvalue weighted by Gasteiger charge is 2.06. The molecule has 0 unspecified atom stereocenters. The van der Waals surface area contributed by atoms with E-state index in [2.05, 4.69) is 5.32 Å². The van der Waals surface area contributed by atoms with Crippen LogP contribution < -0.4 is 10.1 Å². The summed E-state index contributed by atoms with van der Waals surface area (Å²) in [7, 11) is 0. The number of hydrogen-bond donors (Lipinski definition) is 1. The molecule has 6 heteroatoms. The molecule has 0 fully saturated rings. The van der Waals surface area contributed by atoms with Crippen LogP contribution in [0.3, 0.4) is 0 Å². The predicted molar refractivity (Wildman–Crippen MR) is 73.1 cm³/mol. The van der Waals surface area contributed by atoms with Crippen LogP contribution in [0, 0.1) is 5.82 Å². The minimum atomic E-state index is -0.486. The van der Waals surface area contributed by atoms with Crippen molar-refractivity contribution in [3.05, 3.63) is 51.4 Å². The molecule has 0 atom stereocenters. The normalized spacial score (nSPS) is 10.2. The van der Waals surface area contributed by atoms with Crippen LogP contribution in [0.1, 0.15) is 4.88 Å². The van der Waals surface area contributed by atoms with E-state index in [1.807, 2.05) is 6.07 Å². The molecule has 2 rings (SSSR count). The molecule has 0 spiro atoms. The third-order valence-electron chi connectivity index (χ3n) is 2.28. The van der Waals surface area contributed by atoms with Crippen molar-refractivity contribution in [3.63, 3.8) is 0 Å². The van der Waals surface area contributed by atoms with Crippen LogP contribution in [0.4, 0.5) is 4.39 Å². The first-order valence-electron chi connectivity index (χ1n) is 5.53. The maximum Gasteiger partial charge on any atom is 0.258 e. The van der Waals surface area contributed by atoms with Crippen LogP contribution in [-0.4, -0.2) is 12.5 Å². The number of ether oxygens (including phenoxy) is 1. The Morgan fingerprint density at radius 3 is 2.79 bits per heavy atom. The minimum absolute atomic E-state index is 0.0665. The maximum absolute atomic E-state index is 13.2. The van der Waals surface area contributed by atoms with Gasteiger partial charge in [0.15, 0.2) is 18.2 Å². The highest BCUT2D eigenvalue weighted by molar-refractivity contribution is 7.16. The molecule has 19 heavy (non-hydrogen) atoms. The van der Waals surface area contributed by atoms with Crippen LogP contribution in [0.15, 0.2) is 36.4 Å². The van der Waals surface area contributed by atoms with Gasteiger partial charge in [-0.3, -0.25) is 4.79 Å². The van der Waals surface area contributed by atoms with E-state index in [9.17, 15) is 9.18 Å². The molecule has 0 saturated carbocycles. The number of carbonyl (C=O) groups excluding carboxylic acids is 1. The monoisotopic (exact) mass is 299 g/mol. The van der Waals surface area contributed by atoms with Gasteiger partial charge in [-0.1, -0.05) is 23.7 Å². The van der Waals surface area contributed by atoms with Crippen molar-refractivity contribution in [3.8, 4) is 5.75 Å². The first-order chi connectivity index (χ1) is 9.15. The molecule has 3 nitrogen and oxygen atoms in total. The van der Waals surface area contributed by atoms with Crippen molar-refractivity contribution in [1.29, 1.82) is 0 Å². The van der Waals surface area contributed by atoms with Crippen LogP contribution in [-0.2, 0) is 11.3 Å². The average molecular weight is 300 g/mol. The quantitative estimate of drug-likeness (QED) is 0.920. The molecule has 0 bridgehead atoms. The second kappa shape index (κ2) is 6.54. The Labute approximate surface area is 119 Å². The van der Waals surface area contributed by atoms with Crippen molar-refractivity contribution in [1.82, 2.24) is 5.32 Å². The van der Waals surface area contributed by atoms with Crippen LogP contribution in [0.5, 0.6) is 5.75 Å². The Balaban J connectivity index is 1.77. The van der Waals surface area contributed by atoms with Gasteiger partial charge in [0.25, 0.3) is 5.91 Å². The fourth-order valence-corrected chi connectivity index (χ4v) is 2.42. The van der Waals surface area contributed by atoms with E-state index < -0.39 is 5.82 Å². The van der Waals surface area contributed by atoms with Crippen LogP contribution in [0.2, 0.25) is 4.34 Å². The Morgan fingerprint density at radius 1 is 1.32 bits per heavy atom. The van der Waals surface area contributed by atoms with Gasteiger partial charge in [0.2, 0.25) is 0 Å². The van der Waals surface area contributed by atoms with E-state index in [0.717, 1.165) is 4.88 Å². The number of rotatable bonds is 5. The lowest BCUT2D eigenvalue weighted by molar-refractivity contribution is -0.123. The number of thiophene rings is 1. The van der Waals surface area contributed by atoms with E-state index >= 15 is 0 Å². The predicted octanol–water partition coefficient (Wildman–Crippen LogP) is 3.24. The first-order valence-corrected chi connectivity index (χ1v) is 6.73. The van der Waals surface area contributed by atoms with Crippen molar-refractivity contribution in [2.24, 2.45) is 0 Å². The smallest absolute Gasteiger partial charge is 0.258 e. The van der Waals surface area contributed by atoms with Gasteiger partial charge in [0.05, 0.1) is 10.9 Å². The zero-order valence-corrected chi connectivity index (χ0v) is 11.4. The zero-order valence-electron chi connectivity index (χ0n) is 9.86. The molecule has 0 aliphatic carbocycles. The zero-order chi connectivity index (χ0) is 13.7. The van der Waals surface area contributed by atoms with Gasteiger partial charge in [-0.05, 0) is 24.3 Å². The fourth-order valence-electron chi connectivity index (χ4n) is 1.39. The van der Waals surface area contributed by atoms with Gasteiger partial charge < -0.3 is 10.1 Å². The molecule has 1 aromatic carbocycles. The highest BCUT2D eigenvalue weighted by Crippen LogP contribution is 2.21. The number of para-hydroxylation sites is 1. The molecule has 0 radical (unpaired) electrons. The van der Waals surface area contributed by atoms with E-state index in [0.29, 0.717) is 10.9 Å². The molecule has 1 aromatic heterocycles. The Bertz CT molecular complexity index is 573. The Kier molecular flexibility index (Phi) is 4.76. The SMILES string of the molecule is O=C(COc1ccccc1F)NCc1ccc(Cl)s1. The van der Waals surface area contributed by atoms with Gasteiger partial charge in [-0.25, -0.2) is 4.39 Å². The fraction of sp³-hybridized carbons (Fsp3) is 0.154. The lowest BCUT2D eigenvalue weighted by Crippen LogP contribution is -2.28. The van der Waals surface area contributed by atoms with Gasteiger partial charge in [-0.15, -0.1) is 11.3 Å². The summed E-state index contributed by atoms with van der Waals surface area (Å²) in [6.07, 6.45) is 0. The Hall–Kier alpha value is -1.59. The van der Waals surface area contributed by atoms with Gasteiger partial charge in [0.1, 0.15) is 0 Å². The van der Waals surface area contributed by atoms with Gasteiger partial charge in [0, 0.05) is 4.88 Å². The minimum Gasteiger partial charge on any atom is -0.481 e. The first kappa shape index (κ1) is 13.8. The molecule has 1 heterocycles. The molecule has 0 aliphatic rings. The molecular weight excluding hydrogens is 289 g/mol. The lowest BCUT2D eigenvalue weighted by Gasteiger charge is -2.07. The van der Waals surface area contributed by atoms with Gasteiger partial charge in [-0.2, -0.15) is 0 Å². The highest BCUT2D eigenvalue weighted by atomic mass is 35.5. The maximum atomic E-state index is 13.2. The van der Waals surface area contributed by atoms with E-state index in [1.165, 1.54) is 23.5 Å². The summed E-state index contributed by atoms with van der Waals surface area (Å²) >= 11 is 7.17. The molecule has 0 aliphatic heterocycles.